The smallest absolute Gasteiger partial charge is 0.348 e. The minimum Gasteiger partial charge on any atom is -0.478 e. The number of benzene rings is 2. The van der Waals surface area contributed by atoms with Gasteiger partial charge in [-0.1, -0.05) is 30.3 Å². The summed E-state index contributed by atoms with van der Waals surface area (Å²) in [7, 11) is 0. The molecule has 2 heterocycles. The monoisotopic (exact) mass is 391 g/mol. The molecule has 150 valence electrons. The Morgan fingerprint density at radius 1 is 1.03 bits per heavy atom. The molecule has 1 aliphatic heterocycles. The van der Waals surface area contributed by atoms with Crippen molar-refractivity contribution in [2.45, 2.75) is 39.2 Å². The molecule has 1 N–H and O–H groups in total. The highest BCUT2D eigenvalue weighted by Crippen LogP contribution is 2.33. The van der Waals surface area contributed by atoms with E-state index >= 15 is 0 Å². The van der Waals surface area contributed by atoms with Gasteiger partial charge in [0.25, 0.3) is 0 Å². The summed E-state index contributed by atoms with van der Waals surface area (Å²) in [6.07, 6.45) is 0.771. The summed E-state index contributed by atoms with van der Waals surface area (Å²) >= 11 is 0. The van der Waals surface area contributed by atoms with Gasteiger partial charge >= 0.3 is 5.97 Å². The van der Waals surface area contributed by atoms with Crippen LogP contribution in [0.25, 0.3) is 10.8 Å². The van der Waals surface area contributed by atoms with Crippen LogP contribution >= 0.6 is 0 Å². The topological polar surface area (TPSA) is 75.6 Å². The third kappa shape index (κ3) is 3.62. The molecule has 0 bridgehead atoms. The van der Waals surface area contributed by atoms with E-state index in [0.29, 0.717) is 31.7 Å². The summed E-state index contributed by atoms with van der Waals surface area (Å²) in [6, 6.07) is 13.7. The molecule has 0 aliphatic carbocycles. The second kappa shape index (κ2) is 7.35. The van der Waals surface area contributed by atoms with E-state index in [2.05, 4.69) is 14.9 Å². The van der Waals surface area contributed by atoms with Gasteiger partial charge in [-0.3, -0.25) is 0 Å². The number of hydrogen-bond acceptors (Lipinski definition) is 5. The van der Waals surface area contributed by atoms with Crippen LogP contribution in [0.1, 0.15) is 29.9 Å². The van der Waals surface area contributed by atoms with Gasteiger partial charge in [-0.2, -0.15) is 0 Å². The molecule has 0 amide bonds. The second-order valence-electron chi connectivity index (χ2n) is 7.70. The van der Waals surface area contributed by atoms with Gasteiger partial charge in [0.15, 0.2) is 0 Å². The Hall–Kier alpha value is -3.15. The van der Waals surface area contributed by atoms with Crippen LogP contribution in [-0.2, 0) is 4.79 Å². The van der Waals surface area contributed by atoms with Crippen LogP contribution in [0, 0.1) is 20.8 Å². The van der Waals surface area contributed by atoms with Gasteiger partial charge in [-0.25, -0.2) is 14.8 Å². The zero-order valence-corrected chi connectivity index (χ0v) is 17.0. The Labute approximate surface area is 170 Å². The molecule has 0 atom stereocenters. The van der Waals surface area contributed by atoms with Crippen LogP contribution in [0.15, 0.2) is 42.5 Å². The molecule has 4 rings (SSSR count). The van der Waals surface area contributed by atoms with Gasteiger partial charge in [-0.15, -0.1) is 0 Å². The normalized spacial score (nSPS) is 16.0. The molecule has 6 heteroatoms. The molecular weight excluding hydrogens is 366 g/mol. The largest absolute Gasteiger partial charge is 0.478 e. The predicted octanol–water partition coefficient (Wildman–Crippen LogP) is 4.06. The number of aliphatic carboxylic acids is 1. The number of nitrogens with zero attached hydrogens (tertiary/aromatic N) is 3. The zero-order chi connectivity index (χ0) is 20.6. The molecule has 0 saturated carbocycles. The molecule has 6 nitrogen and oxygen atoms in total. The number of carboxylic acids is 1. The van der Waals surface area contributed by atoms with Gasteiger partial charge < -0.3 is 14.7 Å². The summed E-state index contributed by atoms with van der Waals surface area (Å²) in [5.41, 5.74) is 0.758. The highest BCUT2D eigenvalue weighted by molar-refractivity contribution is 5.84. The Bertz CT molecular complexity index is 1070. The lowest BCUT2D eigenvalue weighted by molar-refractivity contribution is -0.157. The number of ether oxygens (including phenoxy) is 1. The Morgan fingerprint density at radius 3 is 2.41 bits per heavy atom. The third-order valence-corrected chi connectivity index (χ3v) is 5.77. The van der Waals surface area contributed by atoms with Crippen LogP contribution in [0.5, 0.6) is 5.75 Å². The number of aromatic nitrogens is 2. The second-order valence-corrected chi connectivity index (χ2v) is 7.70. The number of carbonyl (C=O) groups is 1. The number of hydrogen-bond donors (Lipinski definition) is 1. The van der Waals surface area contributed by atoms with Crippen molar-refractivity contribution in [3.8, 4) is 5.75 Å². The number of carboxylic acid groups (broad SMARTS) is 1. The van der Waals surface area contributed by atoms with E-state index < -0.39 is 11.6 Å². The molecule has 3 aromatic rings. The molecule has 2 aromatic carbocycles. The lowest BCUT2D eigenvalue weighted by Gasteiger charge is -2.39. The number of anilines is 1. The first-order valence-electron chi connectivity index (χ1n) is 9.86. The van der Waals surface area contributed by atoms with Crippen molar-refractivity contribution in [1.29, 1.82) is 0 Å². The predicted molar refractivity (Wildman–Crippen MR) is 113 cm³/mol. The zero-order valence-electron chi connectivity index (χ0n) is 17.0. The maximum Gasteiger partial charge on any atom is 0.348 e. The number of fused-ring (bicyclic) bond motifs is 1. The first-order chi connectivity index (χ1) is 13.9. The van der Waals surface area contributed by atoms with Crippen LogP contribution < -0.4 is 9.64 Å². The van der Waals surface area contributed by atoms with Crippen molar-refractivity contribution < 1.29 is 14.6 Å². The van der Waals surface area contributed by atoms with E-state index in [9.17, 15) is 9.90 Å². The van der Waals surface area contributed by atoms with Gasteiger partial charge in [0.1, 0.15) is 17.4 Å². The van der Waals surface area contributed by atoms with E-state index in [-0.39, 0.29) is 0 Å². The van der Waals surface area contributed by atoms with E-state index in [4.69, 9.17) is 4.74 Å². The summed E-state index contributed by atoms with van der Waals surface area (Å²) < 4.78 is 6.12. The summed E-state index contributed by atoms with van der Waals surface area (Å²) in [5.74, 6) is 1.28. The highest BCUT2D eigenvalue weighted by atomic mass is 16.5. The van der Waals surface area contributed by atoms with Crippen molar-refractivity contribution in [2.75, 3.05) is 18.0 Å². The van der Waals surface area contributed by atoms with Crippen LogP contribution in [0.2, 0.25) is 0 Å². The minimum absolute atomic E-state index is 0.386. The van der Waals surface area contributed by atoms with Crippen molar-refractivity contribution in [2.24, 2.45) is 0 Å². The van der Waals surface area contributed by atoms with Crippen molar-refractivity contribution in [1.82, 2.24) is 9.97 Å². The summed E-state index contributed by atoms with van der Waals surface area (Å²) in [5, 5.41) is 12.1. The van der Waals surface area contributed by atoms with Crippen molar-refractivity contribution >= 4 is 22.6 Å². The summed E-state index contributed by atoms with van der Waals surface area (Å²) in [6.45, 7) is 6.99. The van der Waals surface area contributed by atoms with Crippen LogP contribution in [-0.4, -0.2) is 39.7 Å². The van der Waals surface area contributed by atoms with E-state index in [1.54, 1.807) is 0 Å². The molecule has 1 fully saturated rings. The molecule has 1 saturated heterocycles. The average molecular weight is 391 g/mol. The first-order valence-corrected chi connectivity index (χ1v) is 9.86. The van der Waals surface area contributed by atoms with Gasteiger partial charge in [-0.05, 0) is 43.7 Å². The molecule has 0 unspecified atom stereocenters. The quantitative estimate of drug-likeness (QED) is 0.723. The standard InChI is InChI=1S/C23H25N3O3/c1-15-16(2)24-17(3)25-21(15)26-12-10-23(11-13-26,22(27)28)29-20-9-8-18-6-4-5-7-19(18)14-20/h4-9,14H,10-13H2,1-3H3,(H,27,28). The van der Waals surface area contributed by atoms with Crippen molar-refractivity contribution in [3.63, 3.8) is 0 Å². The van der Waals surface area contributed by atoms with Gasteiger partial charge in [0.2, 0.25) is 5.60 Å². The number of rotatable bonds is 4. The molecular formula is C23H25N3O3. The number of piperidine rings is 1. The fourth-order valence-electron chi connectivity index (χ4n) is 3.95. The van der Waals surface area contributed by atoms with E-state index in [1.807, 2.05) is 63.2 Å². The first kappa shape index (κ1) is 19.2. The molecule has 0 spiro atoms. The number of aryl methyl sites for hydroxylation is 2. The SMILES string of the molecule is Cc1nc(C)c(C)c(N2CCC(Oc3ccc4ccccc4c3)(C(=O)O)CC2)n1. The maximum absolute atomic E-state index is 12.2. The lowest BCUT2D eigenvalue weighted by atomic mass is 9.90. The maximum atomic E-state index is 12.2. The Kier molecular flexibility index (Phi) is 4.86. The Balaban J connectivity index is 1.57. The minimum atomic E-state index is -1.23. The van der Waals surface area contributed by atoms with Crippen LogP contribution in [0.4, 0.5) is 5.82 Å². The molecule has 1 aliphatic rings. The molecule has 0 radical (unpaired) electrons. The van der Waals surface area contributed by atoms with Crippen molar-refractivity contribution in [3.05, 3.63) is 59.5 Å². The highest BCUT2D eigenvalue weighted by Gasteiger charge is 2.44. The average Bonchev–Trinajstić information content (AvgIpc) is 2.71. The fourth-order valence-corrected chi connectivity index (χ4v) is 3.95. The van der Waals surface area contributed by atoms with Crippen LogP contribution in [0.3, 0.4) is 0 Å². The Morgan fingerprint density at radius 2 is 1.72 bits per heavy atom. The lowest BCUT2D eigenvalue weighted by Crippen LogP contribution is -2.53. The summed E-state index contributed by atoms with van der Waals surface area (Å²) in [4.78, 5) is 23.3. The third-order valence-electron chi connectivity index (χ3n) is 5.77. The molecule has 1 aromatic heterocycles. The fraction of sp³-hybridized carbons (Fsp3) is 0.348. The molecule has 29 heavy (non-hydrogen) atoms. The van der Waals surface area contributed by atoms with E-state index in [1.165, 1.54) is 0 Å². The van der Waals surface area contributed by atoms with Gasteiger partial charge in [0.05, 0.1) is 0 Å². The van der Waals surface area contributed by atoms with Gasteiger partial charge in [0, 0.05) is 37.2 Å². The van der Waals surface area contributed by atoms with E-state index in [0.717, 1.165) is 33.7 Å².